The summed E-state index contributed by atoms with van der Waals surface area (Å²) in [6.45, 7) is 6.31. The van der Waals surface area contributed by atoms with E-state index in [1.54, 1.807) is 14.0 Å². The van der Waals surface area contributed by atoms with Gasteiger partial charge in [0.25, 0.3) is 0 Å². The van der Waals surface area contributed by atoms with Crippen LogP contribution in [0.25, 0.3) is 11.0 Å². The molecule has 0 spiro atoms. The number of anilines is 2. The molecule has 0 saturated heterocycles. The number of aryl methyl sites for hydroxylation is 1. The highest BCUT2D eigenvalue weighted by molar-refractivity contribution is 5.79. The Bertz CT molecular complexity index is 1200. The molecular weight excluding hydrogens is 418 g/mol. The smallest absolute Gasteiger partial charge is 0.229 e. The molecule has 1 fully saturated rings. The van der Waals surface area contributed by atoms with Crippen LogP contribution >= 0.6 is 0 Å². The van der Waals surface area contributed by atoms with E-state index in [-0.39, 0.29) is 11.9 Å². The lowest BCUT2D eigenvalue weighted by molar-refractivity contribution is -0.120. The Morgan fingerprint density at radius 2 is 2.09 bits per heavy atom. The Labute approximate surface area is 193 Å². The van der Waals surface area contributed by atoms with Crippen molar-refractivity contribution in [2.75, 3.05) is 26.0 Å². The van der Waals surface area contributed by atoms with Crippen molar-refractivity contribution in [1.82, 2.24) is 30.0 Å². The molecule has 1 saturated carbocycles. The first kappa shape index (κ1) is 21.6. The third-order valence-corrected chi connectivity index (χ3v) is 6.72. The Morgan fingerprint density at radius 1 is 1.27 bits per heavy atom. The van der Waals surface area contributed by atoms with Crippen LogP contribution in [0, 0.1) is 12.8 Å². The average molecular weight is 450 g/mol. The van der Waals surface area contributed by atoms with E-state index >= 15 is 0 Å². The quantitative estimate of drug-likeness (QED) is 0.597. The number of carbonyl (C=O) groups is 1. The highest BCUT2D eigenvalue weighted by atomic mass is 16.5. The van der Waals surface area contributed by atoms with E-state index in [0.29, 0.717) is 11.9 Å². The van der Waals surface area contributed by atoms with Crippen molar-refractivity contribution in [1.29, 1.82) is 0 Å². The van der Waals surface area contributed by atoms with Crippen LogP contribution in [0.5, 0.6) is 5.75 Å². The molecule has 1 amide bonds. The Hall–Kier alpha value is -3.20. The molecule has 9 nitrogen and oxygen atoms in total. The van der Waals surface area contributed by atoms with Crippen molar-refractivity contribution in [2.24, 2.45) is 5.92 Å². The molecule has 1 aromatic carbocycles. The van der Waals surface area contributed by atoms with Gasteiger partial charge < -0.3 is 20.3 Å². The minimum atomic E-state index is 0.0338. The minimum Gasteiger partial charge on any atom is -0.495 e. The van der Waals surface area contributed by atoms with E-state index in [1.807, 2.05) is 17.8 Å². The second kappa shape index (κ2) is 8.62. The molecule has 2 N–H and O–H groups in total. The van der Waals surface area contributed by atoms with E-state index < -0.39 is 0 Å². The summed E-state index contributed by atoms with van der Waals surface area (Å²) in [6.07, 6.45) is 4.80. The van der Waals surface area contributed by atoms with Crippen molar-refractivity contribution in [3.05, 3.63) is 35.2 Å². The van der Waals surface area contributed by atoms with E-state index in [4.69, 9.17) is 14.8 Å². The first-order valence-corrected chi connectivity index (χ1v) is 11.5. The molecule has 0 unspecified atom stereocenters. The fraction of sp³-hybridized carbons (Fsp3) is 0.500. The molecule has 0 atom stereocenters. The summed E-state index contributed by atoms with van der Waals surface area (Å²) in [5.74, 6) is 1.83. The van der Waals surface area contributed by atoms with Gasteiger partial charge in [0.05, 0.1) is 23.9 Å². The van der Waals surface area contributed by atoms with Gasteiger partial charge in [-0.2, -0.15) is 10.1 Å². The number of fused-ring (bicyclic) bond motifs is 2. The molecule has 3 heterocycles. The van der Waals surface area contributed by atoms with Gasteiger partial charge in [-0.1, -0.05) is 0 Å². The highest BCUT2D eigenvalue weighted by Crippen LogP contribution is 2.34. The predicted molar refractivity (Wildman–Crippen MR) is 127 cm³/mol. The maximum Gasteiger partial charge on any atom is 0.229 e. The van der Waals surface area contributed by atoms with Gasteiger partial charge in [-0.15, -0.1) is 0 Å². The summed E-state index contributed by atoms with van der Waals surface area (Å²) in [4.78, 5) is 22.9. The molecule has 9 heteroatoms. The molecule has 2 aliphatic rings. The fourth-order valence-electron chi connectivity index (χ4n) is 4.94. The van der Waals surface area contributed by atoms with E-state index in [2.05, 4.69) is 39.7 Å². The molecule has 33 heavy (non-hydrogen) atoms. The van der Waals surface area contributed by atoms with Crippen LogP contribution in [0.3, 0.4) is 0 Å². The zero-order valence-electron chi connectivity index (χ0n) is 19.7. The van der Waals surface area contributed by atoms with Crippen LogP contribution in [0.1, 0.15) is 36.6 Å². The molecule has 5 rings (SSSR count). The number of amides is 1. The molecular formula is C24H31N7O2. The molecule has 3 aromatic rings. The van der Waals surface area contributed by atoms with Crippen molar-refractivity contribution >= 4 is 28.6 Å². The van der Waals surface area contributed by atoms with Crippen molar-refractivity contribution in [3.63, 3.8) is 0 Å². The Balaban J connectivity index is 1.38. The van der Waals surface area contributed by atoms with Crippen molar-refractivity contribution in [3.8, 4) is 5.75 Å². The standard InChI is InChI=1S/C24H31N7O2/c1-14-20-11-25-24(27-21-9-18-13-30(3)6-5-17(18)10-22(21)33-4)28-23(20)31(29-14)12-16-7-19(8-16)26-15(2)32/h9-11,16,19H,5-8,12-13H2,1-4H3,(H,26,32)(H,25,27,28). The average Bonchev–Trinajstić information content (AvgIpc) is 3.06. The molecule has 0 radical (unpaired) electrons. The fourth-order valence-corrected chi connectivity index (χ4v) is 4.94. The lowest BCUT2D eigenvalue weighted by Gasteiger charge is -2.35. The molecule has 2 aromatic heterocycles. The van der Waals surface area contributed by atoms with E-state index in [9.17, 15) is 4.79 Å². The van der Waals surface area contributed by atoms with Gasteiger partial charge in [0.2, 0.25) is 11.9 Å². The van der Waals surface area contributed by atoms with E-state index in [1.165, 1.54) is 11.1 Å². The number of carbonyl (C=O) groups excluding carboxylic acids is 1. The number of rotatable bonds is 6. The monoisotopic (exact) mass is 449 g/mol. The maximum atomic E-state index is 11.3. The van der Waals surface area contributed by atoms with Gasteiger partial charge in [0.1, 0.15) is 5.75 Å². The summed E-state index contributed by atoms with van der Waals surface area (Å²) in [5, 5.41) is 12.0. The van der Waals surface area contributed by atoms with Crippen LogP contribution in [0.2, 0.25) is 0 Å². The van der Waals surface area contributed by atoms with Gasteiger partial charge in [-0.05, 0) is 62.4 Å². The second-order valence-corrected chi connectivity index (χ2v) is 9.37. The Kier molecular flexibility index (Phi) is 5.65. The zero-order chi connectivity index (χ0) is 23.1. The largest absolute Gasteiger partial charge is 0.495 e. The zero-order valence-corrected chi connectivity index (χ0v) is 19.7. The lowest BCUT2D eigenvalue weighted by Crippen LogP contribution is -2.44. The van der Waals surface area contributed by atoms with Gasteiger partial charge in [0, 0.05) is 38.8 Å². The van der Waals surface area contributed by atoms with E-state index in [0.717, 1.165) is 67.1 Å². The van der Waals surface area contributed by atoms with Gasteiger partial charge in [0.15, 0.2) is 5.65 Å². The number of aromatic nitrogens is 4. The first-order chi connectivity index (χ1) is 15.9. The summed E-state index contributed by atoms with van der Waals surface area (Å²) >= 11 is 0. The number of nitrogens with zero attached hydrogens (tertiary/aromatic N) is 5. The number of hydrogen-bond acceptors (Lipinski definition) is 7. The lowest BCUT2D eigenvalue weighted by atomic mass is 9.80. The number of benzene rings is 1. The van der Waals surface area contributed by atoms with Crippen molar-refractivity contribution < 1.29 is 9.53 Å². The summed E-state index contributed by atoms with van der Waals surface area (Å²) in [6, 6.07) is 4.55. The van der Waals surface area contributed by atoms with Crippen LogP contribution in [-0.4, -0.2) is 57.3 Å². The molecule has 1 aliphatic heterocycles. The van der Waals surface area contributed by atoms with Crippen molar-refractivity contribution in [2.45, 2.75) is 52.2 Å². The van der Waals surface area contributed by atoms with Gasteiger partial charge in [-0.25, -0.2) is 9.67 Å². The first-order valence-electron chi connectivity index (χ1n) is 11.5. The predicted octanol–water partition coefficient (Wildman–Crippen LogP) is 2.79. The summed E-state index contributed by atoms with van der Waals surface area (Å²) < 4.78 is 7.64. The van der Waals surface area contributed by atoms with Crippen LogP contribution in [0.4, 0.5) is 11.6 Å². The minimum absolute atomic E-state index is 0.0338. The summed E-state index contributed by atoms with van der Waals surface area (Å²) in [7, 11) is 3.83. The van der Waals surface area contributed by atoms with Gasteiger partial charge >= 0.3 is 0 Å². The third-order valence-electron chi connectivity index (χ3n) is 6.72. The summed E-state index contributed by atoms with van der Waals surface area (Å²) in [5.41, 5.74) is 5.24. The number of nitrogens with one attached hydrogen (secondary N) is 2. The van der Waals surface area contributed by atoms with Crippen LogP contribution in [-0.2, 0) is 24.3 Å². The number of likely N-dealkylation sites (N-methyl/N-ethyl adjacent to an activating group) is 1. The van der Waals surface area contributed by atoms with Crippen LogP contribution in [0.15, 0.2) is 18.3 Å². The molecule has 1 aliphatic carbocycles. The second-order valence-electron chi connectivity index (χ2n) is 9.37. The van der Waals surface area contributed by atoms with Crippen LogP contribution < -0.4 is 15.4 Å². The normalized spacial score (nSPS) is 20.2. The molecule has 0 bridgehead atoms. The number of ether oxygens (including phenoxy) is 1. The third kappa shape index (κ3) is 4.37. The number of methoxy groups -OCH3 is 1. The highest BCUT2D eigenvalue weighted by Gasteiger charge is 2.30. The number of hydrogen-bond donors (Lipinski definition) is 2. The molecule has 174 valence electrons. The topological polar surface area (TPSA) is 97.2 Å². The Morgan fingerprint density at radius 3 is 2.85 bits per heavy atom. The van der Waals surface area contributed by atoms with Gasteiger partial charge in [-0.3, -0.25) is 4.79 Å². The SMILES string of the molecule is COc1cc2c(cc1Nc1ncc3c(C)nn(CC4CC(NC(C)=O)C4)c3n1)CN(C)CC2. The maximum absolute atomic E-state index is 11.3.